The van der Waals surface area contributed by atoms with Gasteiger partial charge >= 0.3 is 0 Å². The van der Waals surface area contributed by atoms with Crippen molar-refractivity contribution in [3.63, 3.8) is 0 Å². The van der Waals surface area contributed by atoms with Crippen LogP contribution in [-0.2, 0) is 0 Å². The zero-order valence-electron chi connectivity index (χ0n) is 12.8. The first-order chi connectivity index (χ1) is 7.86. The Morgan fingerprint density at radius 2 is 1.88 bits per heavy atom. The van der Waals surface area contributed by atoms with Crippen molar-refractivity contribution in [1.82, 2.24) is 5.32 Å². The summed E-state index contributed by atoms with van der Waals surface area (Å²) in [5.41, 5.74) is 0.487. The molecule has 0 radical (unpaired) electrons. The molecule has 3 unspecified atom stereocenters. The Morgan fingerprint density at radius 3 is 2.41 bits per heavy atom. The van der Waals surface area contributed by atoms with Crippen molar-refractivity contribution in [2.45, 2.75) is 73.3 Å². The highest BCUT2D eigenvalue weighted by atomic mass is 14.9. The molecule has 0 amide bonds. The molecular weight excluding hydrogens is 206 g/mol. The Balaban J connectivity index is 2.70. The van der Waals surface area contributed by atoms with E-state index in [2.05, 4.69) is 46.9 Å². The van der Waals surface area contributed by atoms with Crippen molar-refractivity contribution in [2.24, 2.45) is 23.2 Å². The van der Waals surface area contributed by atoms with Crippen molar-refractivity contribution in [3.8, 4) is 0 Å². The van der Waals surface area contributed by atoms with Gasteiger partial charge in [0.2, 0.25) is 0 Å². The van der Waals surface area contributed by atoms with Gasteiger partial charge in [0, 0.05) is 6.04 Å². The van der Waals surface area contributed by atoms with E-state index >= 15 is 0 Å². The zero-order valence-corrected chi connectivity index (χ0v) is 12.8. The van der Waals surface area contributed by atoms with Crippen LogP contribution in [0.1, 0.15) is 67.2 Å². The molecule has 1 N–H and O–H groups in total. The largest absolute Gasteiger partial charge is 0.314 e. The van der Waals surface area contributed by atoms with E-state index < -0.39 is 0 Å². The molecule has 3 atom stereocenters. The lowest BCUT2D eigenvalue weighted by molar-refractivity contribution is 0.0768. The Kier molecular flexibility index (Phi) is 5.50. The van der Waals surface area contributed by atoms with Gasteiger partial charge in [0.1, 0.15) is 0 Å². The predicted octanol–water partition coefficient (Wildman–Crippen LogP) is 4.47. The van der Waals surface area contributed by atoms with Crippen LogP contribution in [0, 0.1) is 23.2 Å². The average molecular weight is 239 g/mol. The summed E-state index contributed by atoms with van der Waals surface area (Å²) in [6, 6.07) is 0.748. The highest BCUT2D eigenvalue weighted by Gasteiger charge is 2.38. The first-order valence-corrected chi connectivity index (χ1v) is 7.60. The van der Waals surface area contributed by atoms with E-state index in [9.17, 15) is 0 Å². The number of hydrogen-bond donors (Lipinski definition) is 1. The van der Waals surface area contributed by atoms with Crippen LogP contribution in [0.3, 0.4) is 0 Å². The molecule has 1 heteroatoms. The molecule has 1 rings (SSSR count). The molecule has 0 saturated heterocycles. The van der Waals surface area contributed by atoms with Crippen LogP contribution in [0.15, 0.2) is 0 Å². The SMILES string of the molecule is CCNC1CC(C)CCC1C(C)(C)CC(C)C. The summed E-state index contributed by atoms with van der Waals surface area (Å²) in [6.45, 7) is 15.5. The average Bonchev–Trinajstić information content (AvgIpc) is 2.15. The molecule has 1 saturated carbocycles. The summed E-state index contributed by atoms with van der Waals surface area (Å²) < 4.78 is 0. The third-order valence-corrected chi connectivity index (χ3v) is 4.52. The van der Waals surface area contributed by atoms with E-state index in [0.29, 0.717) is 5.41 Å². The van der Waals surface area contributed by atoms with Crippen LogP contribution in [0.4, 0.5) is 0 Å². The highest BCUT2D eigenvalue weighted by molar-refractivity contribution is 4.92. The van der Waals surface area contributed by atoms with Gasteiger partial charge in [-0.3, -0.25) is 0 Å². The monoisotopic (exact) mass is 239 g/mol. The fraction of sp³-hybridized carbons (Fsp3) is 1.00. The molecule has 0 aromatic rings. The maximum atomic E-state index is 3.74. The van der Waals surface area contributed by atoms with Gasteiger partial charge in [-0.2, -0.15) is 0 Å². The molecular formula is C16H33N. The maximum absolute atomic E-state index is 3.74. The number of nitrogens with one attached hydrogen (secondary N) is 1. The van der Waals surface area contributed by atoms with Gasteiger partial charge in [-0.15, -0.1) is 0 Å². The second-order valence-electron chi connectivity index (χ2n) is 7.28. The lowest BCUT2D eigenvalue weighted by Gasteiger charge is -2.45. The van der Waals surface area contributed by atoms with E-state index in [0.717, 1.165) is 30.3 Å². The van der Waals surface area contributed by atoms with E-state index in [1.54, 1.807) is 0 Å². The van der Waals surface area contributed by atoms with Crippen LogP contribution in [0.2, 0.25) is 0 Å². The van der Waals surface area contributed by atoms with Crippen LogP contribution >= 0.6 is 0 Å². The van der Waals surface area contributed by atoms with E-state index in [1.165, 1.54) is 25.7 Å². The minimum absolute atomic E-state index is 0.487. The molecule has 0 aromatic heterocycles. The summed E-state index contributed by atoms with van der Waals surface area (Å²) in [5, 5.41) is 3.74. The predicted molar refractivity (Wildman–Crippen MR) is 77.2 cm³/mol. The molecule has 0 aromatic carbocycles. The van der Waals surface area contributed by atoms with Gasteiger partial charge in [0.25, 0.3) is 0 Å². The fourth-order valence-electron chi connectivity index (χ4n) is 4.01. The van der Waals surface area contributed by atoms with Crippen LogP contribution < -0.4 is 5.32 Å². The molecule has 1 nitrogen and oxygen atoms in total. The molecule has 0 heterocycles. The summed E-state index contributed by atoms with van der Waals surface area (Å²) in [5.74, 6) is 2.58. The molecule has 0 spiro atoms. The molecule has 1 fully saturated rings. The lowest BCUT2D eigenvalue weighted by atomic mass is 9.64. The zero-order chi connectivity index (χ0) is 13.1. The van der Waals surface area contributed by atoms with E-state index in [-0.39, 0.29) is 0 Å². The van der Waals surface area contributed by atoms with Gasteiger partial charge in [-0.05, 0) is 49.0 Å². The first kappa shape index (κ1) is 15.0. The lowest BCUT2D eigenvalue weighted by Crippen LogP contribution is -2.47. The second-order valence-corrected chi connectivity index (χ2v) is 7.28. The van der Waals surface area contributed by atoms with Gasteiger partial charge in [0.05, 0.1) is 0 Å². The Labute approximate surface area is 109 Å². The molecule has 102 valence electrons. The van der Waals surface area contributed by atoms with Gasteiger partial charge in [-0.1, -0.05) is 48.0 Å². The van der Waals surface area contributed by atoms with Crippen LogP contribution in [0.5, 0.6) is 0 Å². The number of hydrogen-bond acceptors (Lipinski definition) is 1. The normalized spacial score (nSPS) is 30.9. The molecule has 0 bridgehead atoms. The van der Waals surface area contributed by atoms with Gasteiger partial charge in [0.15, 0.2) is 0 Å². The topological polar surface area (TPSA) is 12.0 Å². The minimum atomic E-state index is 0.487. The van der Waals surface area contributed by atoms with Crippen molar-refractivity contribution >= 4 is 0 Å². The van der Waals surface area contributed by atoms with Gasteiger partial charge < -0.3 is 5.32 Å². The maximum Gasteiger partial charge on any atom is 0.0103 e. The Bertz CT molecular complexity index is 220. The molecule has 1 aliphatic carbocycles. The van der Waals surface area contributed by atoms with Crippen LogP contribution in [0.25, 0.3) is 0 Å². The van der Waals surface area contributed by atoms with Crippen molar-refractivity contribution < 1.29 is 0 Å². The summed E-state index contributed by atoms with van der Waals surface area (Å²) >= 11 is 0. The third-order valence-electron chi connectivity index (χ3n) is 4.52. The fourth-order valence-corrected chi connectivity index (χ4v) is 4.01. The Hall–Kier alpha value is -0.0400. The van der Waals surface area contributed by atoms with E-state index in [4.69, 9.17) is 0 Å². The summed E-state index contributed by atoms with van der Waals surface area (Å²) in [7, 11) is 0. The first-order valence-electron chi connectivity index (χ1n) is 7.60. The third kappa shape index (κ3) is 4.28. The molecule has 0 aliphatic heterocycles. The minimum Gasteiger partial charge on any atom is -0.314 e. The van der Waals surface area contributed by atoms with Crippen molar-refractivity contribution in [2.75, 3.05) is 6.54 Å². The summed E-state index contributed by atoms with van der Waals surface area (Å²) in [6.07, 6.45) is 5.57. The van der Waals surface area contributed by atoms with E-state index in [1.807, 2.05) is 0 Å². The Morgan fingerprint density at radius 1 is 1.24 bits per heavy atom. The number of rotatable bonds is 5. The highest BCUT2D eigenvalue weighted by Crippen LogP contribution is 2.43. The second kappa shape index (κ2) is 6.22. The molecule has 1 aliphatic rings. The molecule has 17 heavy (non-hydrogen) atoms. The van der Waals surface area contributed by atoms with Gasteiger partial charge in [-0.25, -0.2) is 0 Å². The van der Waals surface area contributed by atoms with Crippen LogP contribution in [-0.4, -0.2) is 12.6 Å². The van der Waals surface area contributed by atoms with Crippen molar-refractivity contribution in [3.05, 3.63) is 0 Å². The summed E-state index contributed by atoms with van der Waals surface area (Å²) in [4.78, 5) is 0. The standard InChI is InChI=1S/C16H33N/c1-7-17-15-10-13(4)8-9-14(15)16(5,6)11-12(2)3/h12-15,17H,7-11H2,1-6H3. The quantitative estimate of drug-likeness (QED) is 0.746. The smallest absolute Gasteiger partial charge is 0.0103 e. The van der Waals surface area contributed by atoms with Crippen molar-refractivity contribution in [1.29, 1.82) is 0 Å².